The van der Waals surface area contributed by atoms with Crippen LogP contribution in [0.2, 0.25) is 0 Å². The van der Waals surface area contributed by atoms with Gasteiger partial charge in [0.15, 0.2) is 6.61 Å². The lowest BCUT2D eigenvalue weighted by molar-refractivity contribution is -0.118. The lowest BCUT2D eigenvalue weighted by Gasteiger charge is -2.41. The lowest BCUT2D eigenvalue weighted by atomic mass is 9.67. The van der Waals surface area contributed by atoms with E-state index < -0.39 is 0 Å². The normalized spacial score (nSPS) is 25.5. The Hall–Kier alpha value is -1.03. The maximum Gasteiger partial charge on any atom is 0.262 e. The summed E-state index contributed by atoms with van der Waals surface area (Å²) in [4.78, 5) is 11.8. The van der Waals surface area contributed by atoms with Gasteiger partial charge in [-0.25, -0.2) is 0 Å². The largest absolute Gasteiger partial charge is 0.482 e. The van der Waals surface area contributed by atoms with Crippen LogP contribution in [0.4, 0.5) is 5.69 Å². The van der Waals surface area contributed by atoms with Crippen molar-refractivity contribution in [1.82, 2.24) is 0 Å². The minimum atomic E-state index is -0.0798. The molecule has 1 saturated carbocycles. The Bertz CT molecular complexity index is 556. The molecule has 2 atom stereocenters. The molecular weight excluding hydrogens is 330 g/mol. The standard InChI is InChI=1S/C17H22BrNO2/c1-17(2)8-4-3-5-12(17)16(18)11-6-7-14-13(9-11)19-15(20)10-21-14/h6-7,9,12,16H,3-5,8,10H2,1-2H3,(H,19,20). The Morgan fingerprint density at radius 3 is 2.95 bits per heavy atom. The van der Waals surface area contributed by atoms with Gasteiger partial charge in [0, 0.05) is 4.83 Å². The molecule has 0 bridgehead atoms. The van der Waals surface area contributed by atoms with Crippen molar-refractivity contribution < 1.29 is 9.53 Å². The summed E-state index contributed by atoms with van der Waals surface area (Å²) in [5.74, 6) is 1.30. The van der Waals surface area contributed by atoms with Gasteiger partial charge in [-0.3, -0.25) is 4.79 Å². The van der Waals surface area contributed by atoms with E-state index in [1.54, 1.807) is 0 Å². The number of fused-ring (bicyclic) bond motifs is 1. The molecule has 1 amide bonds. The Morgan fingerprint density at radius 2 is 2.19 bits per heavy atom. The van der Waals surface area contributed by atoms with E-state index >= 15 is 0 Å². The van der Waals surface area contributed by atoms with Crippen molar-refractivity contribution in [1.29, 1.82) is 0 Å². The van der Waals surface area contributed by atoms with E-state index in [4.69, 9.17) is 4.74 Å². The highest BCUT2D eigenvalue weighted by Crippen LogP contribution is 2.50. The monoisotopic (exact) mass is 351 g/mol. The van der Waals surface area contributed by atoms with Gasteiger partial charge in [0.2, 0.25) is 0 Å². The summed E-state index contributed by atoms with van der Waals surface area (Å²) in [5, 5.41) is 2.89. The number of ether oxygens (including phenoxy) is 1. The number of nitrogens with one attached hydrogen (secondary N) is 1. The molecule has 1 aromatic rings. The van der Waals surface area contributed by atoms with Gasteiger partial charge >= 0.3 is 0 Å². The van der Waals surface area contributed by atoms with Crippen LogP contribution >= 0.6 is 15.9 Å². The summed E-state index contributed by atoms with van der Waals surface area (Å²) in [5.41, 5.74) is 2.36. The molecular formula is C17H22BrNO2. The maximum absolute atomic E-state index is 11.5. The molecule has 2 unspecified atom stereocenters. The van der Waals surface area contributed by atoms with Gasteiger partial charge in [-0.15, -0.1) is 0 Å². The predicted octanol–water partition coefficient (Wildman–Crippen LogP) is 4.67. The molecule has 0 radical (unpaired) electrons. The van der Waals surface area contributed by atoms with E-state index in [0.29, 0.717) is 16.2 Å². The van der Waals surface area contributed by atoms with Crippen LogP contribution in [0, 0.1) is 11.3 Å². The number of hydrogen-bond donors (Lipinski definition) is 1. The van der Waals surface area contributed by atoms with E-state index in [9.17, 15) is 4.79 Å². The van der Waals surface area contributed by atoms with Crippen molar-refractivity contribution in [2.24, 2.45) is 11.3 Å². The molecule has 1 aliphatic carbocycles. The zero-order chi connectivity index (χ0) is 15.0. The smallest absolute Gasteiger partial charge is 0.262 e. The summed E-state index contributed by atoms with van der Waals surface area (Å²) in [6.07, 6.45) is 5.17. The fraction of sp³-hybridized carbons (Fsp3) is 0.588. The quantitative estimate of drug-likeness (QED) is 0.786. The number of alkyl halides is 1. The van der Waals surface area contributed by atoms with Crippen molar-refractivity contribution in [3.63, 3.8) is 0 Å². The van der Waals surface area contributed by atoms with Crippen LogP contribution in [-0.4, -0.2) is 12.5 Å². The molecule has 21 heavy (non-hydrogen) atoms. The highest BCUT2D eigenvalue weighted by molar-refractivity contribution is 9.09. The summed E-state index contributed by atoms with van der Waals surface area (Å²) in [6.45, 7) is 4.85. The second-order valence-electron chi connectivity index (χ2n) is 6.84. The first-order chi connectivity index (χ1) is 9.97. The molecule has 1 aliphatic heterocycles. The molecule has 4 heteroatoms. The zero-order valence-corrected chi connectivity index (χ0v) is 14.2. The molecule has 3 nitrogen and oxygen atoms in total. The molecule has 1 N–H and O–H groups in total. The number of halogens is 1. The number of hydrogen-bond acceptors (Lipinski definition) is 2. The number of benzene rings is 1. The average molecular weight is 352 g/mol. The van der Waals surface area contributed by atoms with Crippen LogP contribution in [-0.2, 0) is 4.79 Å². The number of anilines is 1. The van der Waals surface area contributed by atoms with Gasteiger partial charge in [-0.05, 0) is 41.9 Å². The van der Waals surface area contributed by atoms with E-state index in [1.165, 1.54) is 31.2 Å². The number of carbonyl (C=O) groups excluding carboxylic acids is 1. The van der Waals surface area contributed by atoms with Crippen LogP contribution in [0.3, 0.4) is 0 Å². The average Bonchev–Trinajstić information content (AvgIpc) is 2.45. The minimum absolute atomic E-state index is 0.0798. The summed E-state index contributed by atoms with van der Waals surface area (Å²) in [7, 11) is 0. The molecule has 1 aromatic carbocycles. The Balaban J connectivity index is 1.86. The maximum atomic E-state index is 11.5. The summed E-state index contributed by atoms with van der Waals surface area (Å²) in [6, 6.07) is 6.13. The van der Waals surface area contributed by atoms with Crippen LogP contribution in [0.1, 0.15) is 49.9 Å². The first-order valence-electron chi connectivity index (χ1n) is 7.68. The Kier molecular flexibility index (Phi) is 4.00. The fourth-order valence-electron chi connectivity index (χ4n) is 3.57. The number of rotatable bonds is 2. The van der Waals surface area contributed by atoms with E-state index in [-0.39, 0.29) is 12.5 Å². The van der Waals surface area contributed by atoms with Gasteiger partial charge < -0.3 is 10.1 Å². The van der Waals surface area contributed by atoms with E-state index in [1.807, 2.05) is 6.07 Å². The third-order valence-corrected chi connectivity index (χ3v) is 6.07. The van der Waals surface area contributed by atoms with Gasteiger partial charge in [0.1, 0.15) is 5.75 Å². The van der Waals surface area contributed by atoms with Gasteiger partial charge in [-0.2, -0.15) is 0 Å². The van der Waals surface area contributed by atoms with Crippen molar-refractivity contribution >= 4 is 27.5 Å². The molecule has 1 heterocycles. The molecule has 0 spiro atoms. The van der Waals surface area contributed by atoms with Crippen LogP contribution in [0.5, 0.6) is 5.75 Å². The van der Waals surface area contributed by atoms with Crippen molar-refractivity contribution in [2.45, 2.75) is 44.4 Å². The molecule has 0 aromatic heterocycles. The van der Waals surface area contributed by atoms with Gasteiger partial charge in [-0.1, -0.05) is 48.7 Å². The molecule has 0 saturated heterocycles. The fourth-order valence-corrected chi connectivity index (χ4v) is 4.83. The summed E-state index contributed by atoms with van der Waals surface area (Å²) >= 11 is 3.91. The van der Waals surface area contributed by atoms with E-state index in [0.717, 1.165) is 11.4 Å². The lowest BCUT2D eigenvalue weighted by Crippen LogP contribution is -2.31. The first-order valence-corrected chi connectivity index (χ1v) is 8.59. The highest BCUT2D eigenvalue weighted by atomic mass is 79.9. The van der Waals surface area contributed by atoms with Crippen LogP contribution in [0.15, 0.2) is 18.2 Å². The first kappa shape index (κ1) is 14.9. The number of carbonyl (C=O) groups is 1. The van der Waals surface area contributed by atoms with E-state index in [2.05, 4.69) is 47.2 Å². The molecule has 1 fully saturated rings. The second-order valence-corrected chi connectivity index (χ2v) is 7.82. The van der Waals surface area contributed by atoms with Crippen molar-refractivity contribution in [3.05, 3.63) is 23.8 Å². The second kappa shape index (κ2) is 5.64. The third-order valence-electron chi connectivity index (χ3n) is 4.90. The van der Waals surface area contributed by atoms with Crippen LogP contribution < -0.4 is 10.1 Å². The highest BCUT2D eigenvalue weighted by Gasteiger charge is 2.37. The van der Waals surface area contributed by atoms with Gasteiger partial charge in [0.05, 0.1) is 5.69 Å². The predicted molar refractivity (Wildman–Crippen MR) is 88.0 cm³/mol. The minimum Gasteiger partial charge on any atom is -0.482 e. The Labute approximate surface area is 134 Å². The molecule has 114 valence electrons. The number of amides is 1. The van der Waals surface area contributed by atoms with Crippen molar-refractivity contribution in [2.75, 3.05) is 11.9 Å². The zero-order valence-electron chi connectivity index (χ0n) is 12.6. The van der Waals surface area contributed by atoms with Crippen LogP contribution in [0.25, 0.3) is 0 Å². The van der Waals surface area contributed by atoms with Crippen molar-refractivity contribution in [3.8, 4) is 5.75 Å². The molecule has 2 aliphatic rings. The topological polar surface area (TPSA) is 38.3 Å². The summed E-state index contributed by atoms with van der Waals surface area (Å²) < 4.78 is 5.43. The van der Waals surface area contributed by atoms with Gasteiger partial charge in [0.25, 0.3) is 5.91 Å². The SMILES string of the molecule is CC1(C)CCCCC1C(Br)c1ccc2c(c1)NC(=O)CO2. The Morgan fingerprint density at radius 1 is 1.38 bits per heavy atom. The molecule has 3 rings (SSSR count). The third kappa shape index (κ3) is 2.96.